The van der Waals surface area contributed by atoms with Gasteiger partial charge in [-0.05, 0) is 74.0 Å². The zero-order valence-electron chi connectivity index (χ0n) is 23.1. The number of pyridine rings is 1. The number of aromatic nitrogens is 1. The fourth-order valence-corrected chi connectivity index (χ4v) is 7.64. The van der Waals surface area contributed by atoms with Crippen LogP contribution in [0, 0.1) is 12.7 Å². The van der Waals surface area contributed by atoms with E-state index in [4.69, 9.17) is 28.2 Å². The van der Waals surface area contributed by atoms with Gasteiger partial charge >= 0.3 is 0 Å². The number of fused-ring (bicyclic) bond motifs is 2. The highest BCUT2D eigenvalue weighted by Gasteiger charge is 2.42. The van der Waals surface area contributed by atoms with Crippen LogP contribution in [0.5, 0.6) is 0 Å². The van der Waals surface area contributed by atoms with Gasteiger partial charge in [-0.1, -0.05) is 53.0 Å². The molecule has 6 nitrogen and oxygen atoms in total. The third-order valence-electron chi connectivity index (χ3n) is 8.35. The molecule has 0 spiro atoms. The second kappa shape index (κ2) is 12.5. The van der Waals surface area contributed by atoms with Gasteiger partial charge in [0.25, 0.3) is 5.91 Å². The van der Waals surface area contributed by atoms with Gasteiger partial charge in [0.2, 0.25) is 0 Å². The second-order valence-electron chi connectivity index (χ2n) is 11.2. The molecule has 3 aliphatic rings. The Bertz CT molecular complexity index is 1390. The fourth-order valence-electron chi connectivity index (χ4n) is 6.16. The van der Waals surface area contributed by atoms with Crippen molar-refractivity contribution in [2.45, 2.75) is 43.2 Å². The fraction of sp³-hybridized carbons (Fsp3) is 0.419. The first-order valence-electron chi connectivity index (χ1n) is 14.2. The SMILES string of the molecule is Cc1ccc(CCN2CCN(Sc3cc(Cl)nc(N4C5CCC4CN(C(=O)c4ccc(F)cc4Cl)C5)c3)CC2)cc1. The summed E-state index contributed by atoms with van der Waals surface area (Å²) in [5.41, 5.74) is 3.04. The van der Waals surface area contributed by atoms with Gasteiger partial charge in [0.15, 0.2) is 0 Å². The van der Waals surface area contributed by atoms with Crippen LogP contribution in [0.4, 0.5) is 10.2 Å². The van der Waals surface area contributed by atoms with Crippen LogP contribution >= 0.6 is 35.1 Å². The van der Waals surface area contributed by atoms with Crippen LogP contribution in [0.15, 0.2) is 59.5 Å². The maximum Gasteiger partial charge on any atom is 0.255 e. The van der Waals surface area contributed by atoms with E-state index in [-0.39, 0.29) is 23.0 Å². The Hall–Kier alpha value is -2.36. The highest BCUT2D eigenvalue weighted by atomic mass is 35.5. The van der Waals surface area contributed by atoms with Gasteiger partial charge in [0, 0.05) is 62.8 Å². The van der Waals surface area contributed by atoms with Crippen LogP contribution < -0.4 is 4.90 Å². The van der Waals surface area contributed by atoms with Gasteiger partial charge in [-0.3, -0.25) is 4.79 Å². The summed E-state index contributed by atoms with van der Waals surface area (Å²) in [4.78, 5) is 25.7. The molecule has 0 aliphatic carbocycles. The van der Waals surface area contributed by atoms with Crippen molar-refractivity contribution in [3.05, 3.63) is 87.3 Å². The molecule has 0 N–H and O–H groups in total. The van der Waals surface area contributed by atoms with E-state index in [0.29, 0.717) is 23.8 Å². The van der Waals surface area contributed by atoms with E-state index < -0.39 is 5.82 Å². The molecule has 0 radical (unpaired) electrons. The molecule has 41 heavy (non-hydrogen) atoms. The second-order valence-corrected chi connectivity index (χ2v) is 13.2. The quantitative estimate of drug-likeness (QED) is 0.234. The maximum absolute atomic E-state index is 13.5. The maximum atomic E-state index is 13.5. The summed E-state index contributed by atoms with van der Waals surface area (Å²) in [6.07, 6.45) is 3.04. The Morgan fingerprint density at radius 2 is 1.68 bits per heavy atom. The predicted molar refractivity (Wildman–Crippen MR) is 165 cm³/mol. The Kier molecular flexibility index (Phi) is 8.75. The van der Waals surface area contributed by atoms with Gasteiger partial charge in [-0.25, -0.2) is 13.7 Å². The molecule has 2 aromatic carbocycles. The summed E-state index contributed by atoms with van der Waals surface area (Å²) in [6, 6.07) is 17.2. The van der Waals surface area contributed by atoms with Crippen molar-refractivity contribution < 1.29 is 9.18 Å². The summed E-state index contributed by atoms with van der Waals surface area (Å²) < 4.78 is 15.9. The molecule has 6 rings (SSSR count). The van der Waals surface area contributed by atoms with Crippen LogP contribution in [-0.4, -0.2) is 82.9 Å². The first-order chi connectivity index (χ1) is 19.8. The molecule has 1 aromatic heterocycles. The number of halogens is 3. The zero-order valence-corrected chi connectivity index (χ0v) is 25.4. The number of carbonyl (C=O) groups is 1. The Morgan fingerprint density at radius 1 is 0.976 bits per heavy atom. The van der Waals surface area contributed by atoms with E-state index in [2.05, 4.69) is 51.4 Å². The van der Waals surface area contributed by atoms with Crippen LogP contribution in [0.25, 0.3) is 0 Å². The van der Waals surface area contributed by atoms with Crippen molar-refractivity contribution in [2.75, 3.05) is 50.7 Å². The highest BCUT2D eigenvalue weighted by Crippen LogP contribution is 2.38. The molecule has 4 heterocycles. The number of nitrogens with zero attached hydrogens (tertiary/aromatic N) is 5. The number of carbonyl (C=O) groups excluding carboxylic acids is 1. The summed E-state index contributed by atoms with van der Waals surface area (Å²) in [5.74, 6) is 0.271. The van der Waals surface area contributed by atoms with Crippen molar-refractivity contribution in [3.8, 4) is 0 Å². The summed E-state index contributed by atoms with van der Waals surface area (Å²) in [6.45, 7) is 8.43. The van der Waals surface area contributed by atoms with E-state index in [9.17, 15) is 9.18 Å². The summed E-state index contributed by atoms with van der Waals surface area (Å²) in [7, 11) is 0. The standard InChI is InChI=1S/C31H34Cl2FN5OS/c1-21-2-4-22(5-3-21)10-11-36-12-14-38(15-13-36)41-26-17-29(33)35-30(18-26)39-24-7-8-25(39)20-37(19-24)31(40)27-9-6-23(34)16-28(27)32/h2-6,9,16-18,24-25H,7-8,10-15,19-20H2,1H3. The number of anilines is 1. The molecule has 3 fully saturated rings. The molecule has 0 saturated carbocycles. The smallest absolute Gasteiger partial charge is 0.255 e. The van der Waals surface area contributed by atoms with Gasteiger partial charge in [-0.15, -0.1) is 0 Å². The minimum absolute atomic E-state index is 0.148. The van der Waals surface area contributed by atoms with Gasteiger partial charge in [0.05, 0.1) is 10.6 Å². The number of piperazine rings is 2. The van der Waals surface area contributed by atoms with E-state index in [1.807, 2.05) is 11.0 Å². The summed E-state index contributed by atoms with van der Waals surface area (Å²) >= 11 is 14.5. The Morgan fingerprint density at radius 3 is 2.37 bits per heavy atom. The van der Waals surface area contributed by atoms with Crippen molar-refractivity contribution in [1.29, 1.82) is 0 Å². The summed E-state index contributed by atoms with van der Waals surface area (Å²) in [5, 5.41) is 0.632. The highest BCUT2D eigenvalue weighted by molar-refractivity contribution is 7.97. The minimum Gasteiger partial charge on any atom is -0.347 e. The number of rotatable bonds is 7. The lowest BCUT2D eigenvalue weighted by molar-refractivity contribution is 0.0717. The van der Waals surface area contributed by atoms with Crippen LogP contribution in [-0.2, 0) is 6.42 Å². The van der Waals surface area contributed by atoms with Crippen molar-refractivity contribution in [1.82, 2.24) is 19.1 Å². The monoisotopic (exact) mass is 613 g/mol. The lowest BCUT2D eigenvalue weighted by Crippen LogP contribution is -2.55. The van der Waals surface area contributed by atoms with Gasteiger partial charge in [-0.2, -0.15) is 0 Å². The topological polar surface area (TPSA) is 42.9 Å². The lowest BCUT2D eigenvalue weighted by Gasteiger charge is -2.42. The number of aryl methyl sites for hydroxylation is 1. The zero-order chi connectivity index (χ0) is 28.5. The van der Waals surface area contributed by atoms with Crippen molar-refractivity contribution in [2.24, 2.45) is 0 Å². The normalized spacial score (nSPS) is 21.5. The van der Waals surface area contributed by atoms with Gasteiger partial charge in [0.1, 0.15) is 16.8 Å². The molecule has 216 valence electrons. The minimum atomic E-state index is -0.447. The number of benzene rings is 2. The first-order valence-corrected chi connectivity index (χ1v) is 15.8. The molecule has 3 aliphatic heterocycles. The largest absolute Gasteiger partial charge is 0.347 e. The molecule has 2 unspecified atom stereocenters. The van der Waals surface area contributed by atoms with Crippen LogP contribution in [0.1, 0.15) is 34.3 Å². The molecule has 2 bridgehead atoms. The Labute approximate surface area is 255 Å². The molecule has 3 saturated heterocycles. The van der Waals surface area contributed by atoms with Crippen molar-refractivity contribution >= 4 is 46.9 Å². The third-order valence-corrected chi connectivity index (χ3v) is 9.93. The third kappa shape index (κ3) is 6.67. The lowest BCUT2D eigenvalue weighted by atomic mass is 10.1. The predicted octanol–water partition coefficient (Wildman–Crippen LogP) is 6.20. The molecule has 10 heteroatoms. The number of hydrogen-bond acceptors (Lipinski definition) is 6. The number of amides is 1. The van der Waals surface area contributed by atoms with E-state index in [0.717, 1.165) is 62.7 Å². The van der Waals surface area contributed by atoms with Crippen LogP contribution in [0.2, 0.25) is 10.2 Å². The molecular weight excluding hydrogens is 580 g/mol. The molecular formula is C31H34Cl2FN5OS. The average Bonchev–Trinajstić information content (AvgIpc) is 3.22. The molecule has 1 amide bonds. The Balaban J connectivity index is 1.06. The number of hydrogen-bond donors (Lipinski definition) is 0. The molecule has 3 aromatic rings. The average molecular weight is 615 g/mol. The van der Waals surface area contributed by atoms with E-state index in [1.54, 1.807) is 11.9 Å². The number of likely N-dealkylation sites (tertiary alicyclic amines) is 1. The van der Waals surface area contributed by atoms with Crippen molar-refractivity contribution in [3.63, 3.8) is 0 Å². The molecule has 2 atom stereocenters. The van der Waals surface area contributed by atoms with E-state index in [1.165, 1.54) is 29.3 Å². The van der Waals surface area contributed by atoms with E-state index >= 15 is 0 Å². The van der Waals surface area contributed by atoms with Gasteiger partial charge < -0.3 is 14.7 Å². The van der Waals surface area contributed by atoms with Crippen LogP contribution in [0.3, 0.4) is 0 Å². The first kappa shape index (κ1) is 28.7.